The Kier molecular flexibility index (Phi) is 3.11. The summed E-state index contributed by atoms with van der Waals surface area (Å²) in [6.45, 7) is 11.1. The molecule has 0 aromatic carbocycles. The summed E-state index contributed by atoms with van der Waals surface area (Å²) in [6, 6.07) is 0. The fraction of sp³-hybridized carbons (Fsp3) is 1.00. The van der Waals surface area contributed by atoms with Crippen LogP contribution in [0, 0.1) is 16.7 Å². The van der Waals surface area contributed by atoms with Gasteiger partial charge in [0.05, 0.1) is 0 Å². The first-order valence-corrected chi connectivity index (χ1v) is 6.92. The maximum atomic E-state index is 4.49. The molecule has 0 radical (unpaired) electrons. The molecule has 1 unspecified atom stereocenters. The Morgan fingerprint density at radius 2 is 2.00 bits per heavy atom. The van der Waals surface area contributed by atoms with Gasteiger partial charge in [0.25, 0.3) is 0 Å². The van der Waals surface area contributed by atoms with Crippen LogP contribution in [0.2, 0.25) is 0 Å². The Hall–Kier alpha value is 0.310. The summed E-state index contributed by atoms with van der Waals surface area (Å²) in [7, 11) is 0. The molecule has 0 N–H and O–H groups in total. The van der Waals surface area contributed by atoms with Gasteiger partial charge >= 0.3 is 0 Å². The molecule has 1 aliphatic carbocycles. The summed E-state index contributed by atoms with van der Waals surface area (Å²) >= 11 is 4.49. The monoisotopic (exact) mass is 227 g/mol. The van der Waals surface area contributed by atoms with Crippen LogP contribution in [0.3, 0.4) is 0 Å². The molecular weight excluding hydrogens is 202 g/mol. The highest BCUT2D eigenvalue weighted by Gasteiger charge is 2.44. The third kappa shape index (κ3) is 2.71. The molecule has 2 heteroatoms. The van der Waals surface area contributed by atoms with Gasteiger partial charge in [0, 0.05) is 13.1 Å². The quantitative estimate of drug-likeness (QED) is 0.725. The molecule has 2 rings (SSSR count). The lowest BCUT2D eigenvalue weighted by atomic mass is 9.80. The van der Waals surface area contributed by atoms with E-state index < -0.39 is 0 Å². The van der Waals surface area contributed by atoms with Gasteiger partial charge < -0.3 is 4.90 Å². The van der Waals surface area contributed by atoms with Crippen LogP contribution in [-0.2, 0) is 0 Å². The minimum Gasteiger partial charge on any atom is -0.302 e. The second-order valence-corrected chi connectivity index (χ2v) is 7.06. The van der Waals surface area contributed by atoms with Crippen molar-refractivity contribution in [3.05, 3.63) is 0 Å². The summed E-state index contributed by atoms with van der Waals surface area (Å²) in [6.07, 6.45) is 4.21. The molecule has 2 fully saturated rings. The van der Waals surface area contributed by atoms with Crippen molar-refractivity contribution in [3.8, 4) is 0 Å². The zero-order valence-electron chi connectivity index (χ0n) is 10.4. The van der Waals surface area contributed by atoms with E-state index in [0.717, 1.165) is 11.7 Å². The number of rotatable bonds is 3. The number of hydrogen-bond acceptors (Lipinski definition) is 2. The fourth-order valence-corrected chi connectivity index (χ4v) is 3.12. The van der Waals surface area contributed by atoms with E-state index in [4.69, 9.17) is 0 Å². The lowest BCUT2D eigenvalue weighted by molar-refractivity contribution is 0.214. The number of nitrogens with zero attached hydrogens (tertiary/aromatic N) is 1. The third-order valence-corrected chi connectivity index (χ3v) is 5.02. The van der Waals surface area contributed by atoms with E-state index in [0.29, 0.717) is 10.8 Å². The van der Waals surface area contributed by atoms with Crippen molar-refractivity contribution in [1.29, 1.82) is 0 Å². The van der Waals surface area contributed by atoms with Crippen LogP contribution in [0.5, 0.6) is 0 Å². The summed E-state index contributed by atoms with van der Waals surface area (Å²) < 4.78 is 0. The minimum absolute atomic E-state index is 0.492. The zero-order chi connectivity index (χ0) is 11.1. The standard InChI is InChI=1S/C13H25NS/c1-12(2,3)11-4-7-14(8-11)9-13(10-15)5-6-13/h11,15H,4-10H2,1-3H3. The Morgan fingerprint density at radius 3 is 2.40 bits per heavy atom. The van der Waals surface area contributed by atoms with E-state index in [1.54, 1.807) is 0 Å². The molecule has 0 aromatic heterocycles. The summed E-state index contributed by atoms with van der Waals surface area (Å²) in [5, 5.41) is 0. The summed E-state index contributed by atoms with van der Waals surface area (Å²) in [4.78, 5) is 2.68. The Balaban J connectivity index is 1.83. The maximum Gasteiger partial charge on any atom is 0.00459 e. The van der Waals surface area contributed by atoms with E-state index in [2.05, 4.69) is 38.3 Å². The molecule has 2 aliphatic rings. The highest BCUT2D eigenvalue weighted by molar-refractivity contribution is 7.80. The fourth-order valence-electron chi connectivity index (χ4n) is 2.70. The minimum atomic E-state index is 0.492. The molecule has 0 spiro atoms. The Morgan fingerprint density at radius 1 is 1.33 bits per heavy atom. The number of hydrogen-bond donors (Lipinski definition) is 1. The van der Waals surface area contributed by atoms with Crippen molar-refractivity contribution >= 4 is 12.6 Å². The van der Waals surface area contributed by atoms with Gasteiger partial charge in [0.2, 0.25) is 0 Å². The van der Waals surface area contributed by atoms with Gasteiger partial charge in [0.15, 0.2) is 0 Å². The SMILES string of the molecule is CC(C)(C)C1CCN(CC2(CS)CC2)C1. The van der Waals surface area contributed by atoms with Gasteiger partial charge in [0.1, 0.15) is 0 Å². The average Bonchev–Trinajstić information content (AvgIpc) is 2.73. The molecule has 0 amide bonds. The first-order chi connectivity index (χ1) is 6.95. The average molecular weight is 227 g/mol. The normalized spacial score (nSPS) is 30.8. The molecule has 1 saturated heterocycles. The highest BCUT2D eigenvalue weighted by Crippen LogP contribution is 2.48. The van der Waals surface area contributed by atoms with Gasteiger partial charge in [-0.05, 0) is 48.3 Å². The molecule has 1 heterocycles. The molecular formula is C13H25NS. The van der Waals surface area contributed by atoms with E-state index in [9.17, 15) is 0 Å². The Labute approximate surface area is 100 Å². The van der Waals surface area contributed by atoms with E-state index in [1.165, 1.54) is 38.9 Å². The van der Waals surface area contributed by atoms with Crippen molar-refractivity contribution in [2.75, 3.05) is 25.4 Å². The van der Waals surface area contributed by atoms with Gasteiger partial charge in [-0.25, -0.2) is 0 Å². The van der Waals surface area contributed by atoms with Crippen LogP contribution < -0.4 is 0 Å². The van der Waals surface area contributed by atoms with Crippen LogP contribution in [0.1, 0.15) is 40.0 Å². The van der Waals surface area contributed by atoms with E-state index >= 15 is 0 Å². The van der Waals surface area contributed by atoms with Crippen LogP contribution in [-0.4, -0.2) is 30.3 Å². The van der Waals surface area contributed by atoms with Gasteiger partial charge in [-0.2, -0.15) is 12.6 Å². The molecule has 88 valence electrons. The first-order valence-electron chi connectivity index (χ1n) is 6.28. The topological polar surface area (TPSA) is 3.24 Å². The number of thiol groups is 1. The van der Waals surface area contributed by atoms with Gasteiger partial charge in [-0.3, -0.25) is 0 Å². The summed E-state index contributed by atoms with van der Waals surface area (Å²) in [5.41, 5.74) is 1.10. The molecule has 0 aromatic rings. The second-order valence-electron chi connectivity index (χ2n) is 6.74. The van der Waals surface area contributed by atoms with Crippen molar-refractivity contribution < 1.29 is 0 Å². The molecule has 1 atom stereocenters. The lowest BCUT2D eigenvalue weighted by Crippen LogP contribution is -2.31. The summed E-state index contributed by atoms with van der Waals surface area (Å²) in [5.74, 6) is 1.98. The predicted octanol–water partition coefficient (Wildman–Crippen LogP) is 3.06. The first kappa shape index (κ1) is 11.8. The van der Waals surface area contributed by atoms with Gasteiger partial charge in [-0.1, -0.05) is 20.8 Å². The molecule has 15 heavy (non-hydrogen) atoms. The molecule has 1 saturated carbocycles. The van der Waals surface area contributed by atoms with Crippen molar-refractivity contribution in [2.24, 2.45) is 16.7 Å². The van der Waals surface area contributed by atoms with Crippen molar-refractivity contribution in [3.63, 3.8) is 0 Å². The highest BCUT2D eigenvalue weighted by atomic mass is 32.1. The van der Waals surface area contributed by atoms with E-state index in [1.807, 2.05) is 0 Å². The molecule has 1 aliphatic heterocycles. The number of likely N-dealkylation sites (tertiary alicyclic amines) is 1. The Bertz CT molecular complexity index is 227. The predicted molar refractivity (Wildman–Crippen MR) is 69.5 cm³/mol. The molecule has 1 nitrogen and oxygen atoms in total. The van der Waals surface area contributed by atoms with Crippen LogP contribution in [0.15, 0.2) is 0 Å². The second kappa shape index (κ2) is 3.96. The van der Waals surface area contributed by atoms with Crippen LogP contribution in [0.25, 0.3) is 0 Å². The van der Waals surface area contributed by atoms with Crippen LogP contribution >= 0.6 is 12.6 Å². The third-order valence-electron chi connectivity index (χ3n) is 4.35. The van der Waals surface area contributed by atoms with Crippen LogP contribution in [0.4, 0.5) is 0 Å². The van der Waals surface area contributed by atoms with Crippen molar-refractivity contribution in [2.45, 2.75) is 40.0 Å². The van der Waals surface area contributed by atoms with Gasteiger partial charge in [-0.15, -0.1) is 0 Å². The smallest absolute Gasteiger partial charge is 0.00459 e. The zero-order valence-corrected chi connectivity index (χ0v) is 11.3. The molecule has 0 bridgehead atoms. The largest absolute Gasteiger partial charge is 0.302 e. The maximum absolute atomic E-state index is 4.49. The van der Waals surface area contributed by atoms with Crippen molar-refractivity contribution in [1.82, 2.24) is 4.90 Å². The lowest BCUT2D eigenvalue weighted by Gasteiger charge is -2.28. The van der Waals surface area contributed by atoms with E-state index in [-0.39, 0.29) is 0 Å².